The van der Waals surface area contributed by atoms with E-state index in [1.807, 2.05) is 0 Å². The second kappa shape index (κ2) is 498. The van der Waals surface area contributed by atoms with E-state index in [9.17, 15) is 0 Å². The molecule has 0 rings (SSSR count). The molecule has 18 radical (unpaired) electrons. The average Bonchev–Trinajstić information content (AvgIpc) is 0. The van der Waals surface area contributed by atoms with Crippen molar-refractivity contribution in [2.24, 2.45) is 0 Å². The Kier molecular flexibility index (Phi) is 19800. The van der Waals surface area contributed by atoms with E-state index in [0.717, 1.165) is 0 Å². The monoisotopic (exact) mass is 366 g/mol. The molecule has 0 saturated heterocycles. The zero-order chi connectivity index (χ0) is 0. The van der Waals surface area contributed by atoms with Gasteiger partial charge in [0.15, 0.2) is 0 Å². The Morgan fingerprint density at radius 3 is 0.200 bits per heavy atom. The molecule has 15 heteroatoms. The van der Waals surface area contributed by atoms with Crippen LogP contribution in [0.4, 0.5) is 0 Å². The summed E-state index contributed by atoms with van der Waals surface area (Å²) in [5, 5.41) is 0. The van der Waals surface area contributed by atoms with Gasteiger partial charge >= 0.3 is 0 Å². The van der Waals surface area contributed by atoms with E-state index in [0.29, 0.717) is 0 Å². The van der Waals surface area contributed by atoms with Gasteiger partial charge in [-0.1, -0.05) is 0 Å². The molecular weight excluding hydrogens is 349 g/mol. The smallest absolute Gasteiger partial charge is 0 e. The van der Waals surface area contributed by atoms with Gasteiger partial charge in [0.1, 0.15) is 0 Å². The van der Waals surface area contributed by atoms with E-state index in [4.69, 9.17) is 0 Å². The van der Waals surface area contributed by atoms with Crippen LogP contribution in [0.1, 0.15) is 0 Å². The molecule has 0 atom stereocenters. The fraction of sp³-hybridized carbons (Fsp3) is 0. The zero-order valence-corrected chi connectivity index (χ0v) is 16.2. The van der Waals surface area contributed by atoms with Gasteiger partial charge in [-0.2, -0.15) is 0 Å². The van der Waals surface area contributed by atoms with Gasteiger partial charge in [0.2, 0.25) is 0 Å². The van der Waals surface area contributed by atoms with Crippen LogP contribution in [0.5, 0.6) is 0 Å². The maximum atomic E-state index is 0. The van der Waals surface area contributed by atoms with Gasteiger partial charge in [0, 0.05) is 107 Å². The molecular formula is H18Al5GaO9. The van der Waals surface area contributed by atoms with Gasteiger partial charge in [-0.25, -0.2) is 0 Å². The molecule has 0 aliphatic carbocycles. The SMILES string of the molecule is O.O.O.O.O.O.O.O.O.[Al].[Al].[Al].[Al].[Al].[Ga]. The van der Waals surface area contributed by atoms with Crippen molar-refractivity contribution in [1.29, 1.82) is 0 Å². The van der Waals surface area contributed by atoms with Crippen LogP contribution in [0.2, 0.25) is 0 Å². The minimum Gasteiger partial charge on any atom is -0.412 e. The van der Waals surface area contributed by atoms with Crippen molar-refractivity contribution in [3.63, 3.8) is 0 Å². The van der Waals surface area contributed by atoms with Crippen molar-refractivity contribution >= 4 is 107 Å². The normalized spacial score (nSPS) is 0. The Hall–Kier alpha value is 2.94. The first-order valence-corrected chi connectivity index (χ1v) is 0. The Labute approximate surface area is 154 Å². The maximum Gasteiger partial charge on any atom is 0 e. The molecule has 0 saturated carbocycles. The van der Waals surface area contributed by atoms with Crippen LogP contribution < -0.4 is 0 Å². The quantitative estimate of drug-likeness (QED) is 0.360. The molecule has 0 unspecified atom stereocenters. The van der Waals surface area contributed by atoms with Gasteiger partial charge in [0.25, 0.3) is 0 Å². The molecule has 0 aromatic rings. The summed E-state index contributed by atoms with van der Waals surface area (Å²) in [6.07, 6.45) is 0. The standard InChI is InChI=1S/5Al.Ga.9H2O/h;;;;;;9*1H2. The van der Waals surface area contributed by atoms with Crippen molar-refractivity contribution in [2.75, 3.05) is 0 Å². The van der Waals surface area contributed by atoms with Crippen molar-refractivity contribution in [3.05, 3.63) is 0 Å². The van der Waals surface area contributed by atoms with Crippen LogP contribution >= 0.6 is 0 Å². The van der Waals surface area contributed by atoms with Crippen molar-refractivity contribution in [2.45, 2.75) is 0 Å². The fourth-order valence-electron chi connectivity index (χ4n) is 0. The predicted octanol–water partition coefficient (Wildman–Crippen LogP) is -9.71. The number of hydrogen-bond donors (Lipinski definition) is 0. The Morgan fingerprint density at radius 1 is 0.200 bits per heavy atom. The molecule has 0 heterocycles. The minimum atomic E-state index is 0. The van der Waals surface area contributed by atoms with Gasteiger partial charge < -0.3 is 49.3 Å². The summed E-state index contributed by atoms with van der Waals surface area (Å²) < 4.78 is 0. The van der Waals surface area contributed by atoms with Gasteiger partial charge in [-0.15, -0.1) is 0 Å². The van der Waals surface area contributed by atoms with Crippen LogP contribution in [0.15, 0.2) is 0 Å². The Balaban J connectivity index is 0. The van der Waals surface area contributed by atoms with Crippen molar-refractivity contribution < 1.29 is 49.3 Å². The van der Waals surface area contributed by atoms with Gasteiger partial charge in [0.05, 0.1) is 0 Å². The molecule has 90 valence electrons. The van der Waals surface area contributed by atoms with Crippen LogP contribution in [0.25, 0.3) is 0 Å². The summed E-state index contributed by atoms with van der Waals surface area (Å²) in [7, 11) is 0. The van der Waals surface area contributed by atoms with Gasteiger partial charge in [-0.05, 0) is 0 Å². The van der Waals surface area contributed by atoms with Crippen molar-refractivity contribution in [3.8, 4) is 0 Å². The molecule has 0 aromatic heterocycles. The zero-order valence-electron chi connectivity index (χ0n) is 7.96. The molecule has 0 bridgehead atoms. The van der Waals surface area contributed by atoms with Crippen LogP contribution in [-0.2, 0) is 0 Å². The van der Waals surface area contributed by atoms with Crippen LogP contribution in [0.3, 0.4) is 0 Å². The predicted molar refractivity (Wildman–Crippen MR) is 67.0 cm³/mol. The third-order valence-electron chi connectivity index (χ3n) is 0. The van der Waals surface area contributed by atoms with Crippen LogP contribution in [0, 0.1) is 0 Å². The topological polar surface area (TPSA) is 284 Å². The first-order valence-electron chi connectivity index (χ1n) is 0. The molecule has 0 amide bonds. The Bertz CT molecular complexity index is 18.5. The first kappa shape index (κ1) is 596. The Morgan fingerprint density at radius 2 is 0.200 bits per heavy atom. The van der Waals surface area contributed by atoms with E-state index in [1.165, 1.54) is 0 Å². The maximum absolute atomic E-state index is 0. The van der Waals surface area contributed by atoms with Crippen molar-refractivity contribution in [1.82, 2.24) is 0 Å². The summed E-state index contributed by atoms with van der Waals surface area (Å²) in [6.45, 7) is 0. The second-order valence-corrected chi connectivity index (χ2v) is 0. The molecule has 0 aliphatic heterocycles. The molecule has 9 nitrogen and oxygen atoms in total. The third-order valence-corrected chi connectivity index (χ3v) is 0. The average molecular weight is 367 g/mol. The molecule has 0 aromatic carbocycles. The molecule has 15 heavy (non-hydrogen) atoms. The largest absolute Gasteiger partial charge is 0.412 e. The molecule has 18 N–H and O–H groups in total. The van der Waals surface area contributed by atoms with E-state index in [-0.39, 0.29) is 156 Å². The molecule has 0 aliphatic rings. The van der Waals surface area contributed by atoms with E-state index < -0.39 is 0 Å². The first-order chi connectivity index (χ1) is 0. The summed E-state index contributed by atoms with van der Waals surface area (Å²) >= 11 is 0. The molecule has 0 fully saturated rings. The summed E-state index contributed by atoms with van der Waals surface area (Å²) in [4.78, 5) is 0. The number of rotatable bonds is 0. The summed E-state index contributed by atoms with van der Waals surface area (Å²) in [5.74, 6) is 0. The second-order valence-electron chi connectivity index (χ2n) is 0. The van der Waals surface area contributed by atoms with E-state index in [1.54, 1.807) is 0 Å². The van der Waals surface area contributed by atoms with Crippen LogP contribution in [-0.4, -0.2) is 156 Å². The fourth-order valence-corrected chi connectivity index (χ4v) is 0. The number of hydrogen-bond acceptors (Lipinski definition) is 0. The van der Waals surface area contributed by atoms with Gasteiger partial charge in [-0.3, -0.25) is 0 Å². The third kappa shape index (κ3) is 438. The van der Waals surface area contributed by atoms with E-state index >= 15 is 0 Å². The van der Waals surface area contributed by atoms with E-state index in [2.05, 4.69) is 0 Å². The summed E-state index contributed by atoms with van der Waals surface area (Å²) in [5.41, 5.74) is 0. The minimum absolute atomic E-state index is 0. The molecule has 0 spiro atoms. The summed E-state index contributed by atoms with van der Waals surface area (Å²) in [6, 6.07) is 0.